The van der Waals surface area contributed by atoms with Gasteiger partial charge in [-0.1, -0.05) is 15.9 Å². The van der Waals surface area contributed by atoms with Gasteiger partial charge in [0.2, 0.25) is 0 Å². The molecule has 0 atom stereocenters. The van der Waals surface area contributed by atoms with E-state index < -0.39 is 19.7 Å². The maximum absolute atomic E-state index is 11.9. The second kappa shape index (κ2) is 6.83. The zero-order chi connectivity index (χ0) is 14.5. The molecule has 19 heavy (non-hydrogen) atoms. The third kappa shape index (κ3) is 6.51. The number of sulfone groups is 2. The molecule has 0 amide bonds. The minimum atomic E-state index is -3.33. The molecule has 1 aromatic carbocycles. The monoisotopic (exact) mass is 369 g/mol. The predicted octanol–water partition coefficient (Wildman–Crippen LogP) is 0.857. The number of nitrogens with one attached hydrogen (secondary N) is 1. The molecule has 1 N–H and O–H groups in total. The fourth-order valence-electron chi connectivity index (χ4n) is 1.35. The van der Waals surface area contributed by atoms with Crippen LogP contribution in [0.25, 0.3) is 0 Å². The molecule has 0 saturated heterocycles. The number of hydrogen-bond donors (Lipinski definition) is 1. The van der Waals surface area contributed by atoms with E-state index in [1.54, 1.807) is 12.1 Å². The molecule has 0 aromatic heterocycles. The van der Waals surface area contributed by atoms with Gasteiger partial charge in [-0.25, -0.2) is 16.8 Å². The van der Waals surface area contributed by atoms with E-state index in [1.807, 2.05) is 0 Å². The van der Waals surface area contributed by atoms with Crippen LogP contribution in [-0.2, 0) is 19.7 Å². The van der Waals surface area contributed by atoms with Crippen LogP contribution in [0.5, 0.6) is 0 Å². The molecule has 0 unspecified atom stereocenters. The molecule has 1 aromatic rings. The van der Waals surface area contributed by atoms with Crippen LogP contribution in [0.15, 0.2) is 33.6 Å². The summed E-state index contributed by atoms with van der Waals surface area (Å²) >= 11 is 3.24. The zero-order valence-electron chi connectivity index (χ0n) is 10.5. The summed E-state index contributed by atoms with van der Waals surface area (Å²) in [6.45, 7) is 0.489. The summed E-state index contributed by atoms with van der Waals surface area (Å²) in [4.78, 5) is 0.264. The Labute approximate surface area is 122 Å². The van der Waals surface area contributed by atoms with Gasteiger partial charge in [-0.15, -0.1) is 0 Å². The molecule has 0 aliphatic rings. The largest absolute Gasteiger partial charge is 0.315 e. The lowest BCUT2D eigenvalue weighted by Gasteiger charge is -2.06. The summed E-state index contributed by atoms with van der Waals surface area (Å²) in [5.74, 6) is -0.0519. The van der Waals surface area contributed by atoms with Crippen molar-refractivity contribution in [1.82, 2.24) is 5.32 Å². The summed E-state index contributed by atoms with van der Waals surface area (Å²) in [5.41, 5.74) is 0. The van der Waals surface area contributed by atoms with Crippen LogP contribution >= 0.6 is 15.9 Å². The Morgan fingerprint density at radius 2 is 1.53 bits per heavy atom. The number of halogens is 1. The standard InChI is InChI=1S/C11H16BrNO4S2/c1-18(14,15)8-6-13-7-9-19(16,17)11-4-2-10(12)3-5-11/h2-5,13H,6-9H2,1H3. The van der Waals surface area contributed by atoms with Crippen LogP contribution in [0.4, 0.5) is 0 Å². The van der Waals surface area contributed by atoms with Crippen molar-refractivity contribution in [3.05, 3.63) is 28.7 Å². The summed E-state index contributed by atoms with van der Waals surface area (Å²) < 4.78 is 46.4. The lowest BCUT2D eigenvalue weighted by Crippen LogP contribution is -2.27. The quantitative estimate of drug-likeness (QED) is 0.720. The first-order chi connectivity index (χ1) is 8.71. The van der Waals surface area contributed by atoms with Crippen molar-refractivity contribution < 1.29 is 16.8 Å². The van der Waals surface area contributed by atoms with Crippen LogP contribution in [0.3, 0.4) is 0 Å². The van der Waals surface area contributed by atoms with Gasteiger partial charge in [0.1, 0.15) is 9.84 Å². The molecule has 0 saturated carbocycles. The lowest BCUT2D eigenvalue weighted by molar-refractivity contribution is 0.590. The van der Waals surface area contributed by atoms with Crippen LogP contribution in [0.2, 0.25) is 0 Å². The smallest absolute Gasteiger partial charge is 0.179 e. The first-order valence-corrected chi connectivity index (χ1v) is 10.1. The van der Waals surface area contributed by atoms with Crippen LogP contribution in [0, 0.1) is 0 Å². The fourth-order valence-corrected chi connectivity index (χ4v) is 3.33. The molecular weight excluding hydrogens is 354 g/mol. The van der Waals surface area contributed by atoms with Crippen LogP contribution in [-0.4, -0.2) is 47.7 Å². The molecule has 0 radical (unpaired) electrons. The van der Waals surface area contributed by atoms with Gasteiger partial charge in [-0.3, -0.25) is 0 Å². The Morgan fingerprint density at radius 3 is 2.05 bits per heavy atom. The summed E-state index contributed by atoms with van der Waals surface area (Å²) in [6.07, 6.45) is 1.15. The molecule has 0 spiro atoms. The van der Waals surface area contributed by atoms with Crippen molar-refractivity contribution in [2.24, 2.45) is 0 Å². The molecule has 0 bridgehead atoms. The third-order valence-corrected chi connectivity index (χ3v) is 5.58. The average molecular weight is 370 g/mol. The molecule has 0 aliphatic carbocycles. The first kappa shape index (κ1) is 16.6. The predicted molar refractivity (Wildman–Crippen MR) is 78.8 cm³/mol. The molecule has 1 rings (SSSR count). The highest BCUT2D eigenvalue weighted by atomic mass is 79.9. The highest BCUT2D eigenvalue weighted by Crippen LogP contribution is 2.15. The van der Waals surface area contributed by atoms with Gasteiger partial charge in [-0.05, 0) is 24.3 Å². The minimum Gasteiger partial charge on any atom is -0.315 e. The van der Waals surface area contributed by atoms with E-state index in [0.717, 1.165) is 10.7 Å². The number of hydrogen-bond acceptors (Lipinski definition) is 5. The van der Waals surface area contributed by atoms with Gasteiger partial charge in [-0.2, -0.15) is 0 Å². The summed E-state index contributed by atoms with van der Waals surface area (Å²) in [6, 6.07) is 6.42. The van der Waals surface area contributed by atoms with Crippen molar-refractivity contribution in [2.75, 3.05) is 30.9 Å². The maximum Gasteiger partial charge on any atom is 0.179 e. The van der Waals surface area contributed by atoms with E-state index in [0.29, 0.717) is 0 Å². The highest BCUT2D eigenvalue weighted by molar-refractivity contribution is 9.10. The van der Waals surface area contributed by atoms with Gasteiger partial charge >= 0.3 is 0 Å². The summed E-state index contributed by atoms with van der Waals surface area (Å²) in [7, 11) is -6.34. The summed E-state index contributed by atoms with van der Waals surface area (Å²) in [5, 5.41) is 2.81. The van der Waals surface area contributed by atoms with Crippen LogP contribution in [0.1, 0.15) is 0 Å². The second-order valence-corrected chi connectivity index (χ2v) is 9.44. The van der Waals surface area contributed by atoms with Crippen molar-refractivity contribution in [3.8, 4) is 0 Å². The van der Waals surface area contributed by atoms with E-state index in [4.69, 9.17) is 0 Å². The van der Waals surface area contributed by atoms with Gasteiger partial charge in [0.05, 0.1) is 16.4 Å². The van der Waals surface area contributed by atoms with Crippen molar-refractivity contribution in [1.29, 1.82) is 0 Å². The average Bonchev–Trinajstić information content (AvgIpc) is 2.27. The number of benzene rings is 1. The van der Waals surface area contributed by atoms with Crippen molar-refractivity contribution in [2.45, 2.75) is 4.90 Å². The molecular formula is C11H16BrNO4S2. The Morgan fingerprint density at radius 1 is 1.00 bits per heavy atom. The van der Waals surface area contributed by atoms with Crippen LogP contribution < -0.4 is 5.32 Å². The van der Waals surface area contributed by atoms with E-state index in [2.05, 4.69) is 21.2 Å². The molecule has 0 aliphatic heterocycles. The number of rotatable bonds is 7. The normalized spacial score (nSPS) is 12.5. The molecule has 8 heteroatoms. The second-order valence-electron chi connectivity index (χ2n) is 4.15. The van der Waals surface area contributed by atoms with Crippen molar-refractivity contribution >= 4 is 35.6 Å². The lowest BCUT2D eigenvalue weighted by atomic mass is 10.4. The molecule has 0 fully saturated rings. The molecule has 108 valence electrons. The van der Waals surface area contributed by atoms with E-state index in [9.17, 15) is 16.8 Å². The Bertz CT molecular complexity index is 609. The Kier molecular flexibility index (Phi) is 5.97. The first-order valence-electron chi connectivity index (χ1n) is 5.57. The van der Waals surface area contributed by atoms with Gasteiger partial charge in [0.15, 0.2) is 9.84 Å². The van der Waals surface area contributed by atoms with E-state index >= 15 is 0 Å². The highest BCUT2D eigenvalue weighted by Gasteiger charge is 2.13. The Hall–Kier alpha value is -0.440. The third-order valence-electron chi connectivity index (χ3n) is 2.37. The van der Waals surface area contributed by atoms with Gasteiger partial charge in [0.25, 0.3) is 0 Å². The van der Waals surface area contributed by atoms with E-state index in [-0.39, 0.29) is 29.5 Å². The van der Waals surface area contributed by atoms with E-state index in [1.165, 1.54) is 12.1 Å². The van der Waals surface area contributed by atoms with Gasteiger partial charge in [0, 0.05) is 23.8 Å². The zero-order valence-corrected chi connectivity index (χ0v) is 13.7. The molecule has 5 nitrogen and oxygen atoms in total. The fraction of sp³-hybridized carbons (Fsp3) is 0.455. The van der Waals surface area contributed by atoms with Crippen molar-refractivity contribution in [3.63, 3.8) is 0 Å². The molecule has 0 heterocycles. The SMILES string of the molecule is CS(=O)(=O)CCNCCS(=O)(=O)c1ccc(Br)cc1. The maximum atomic E-state index is 11.9. The Balaban J connectivity index is 2.46. The minimum absolute atomic E-state index is 0.00529. The van der Waals surface area contributed by atoms with Gasteiger partial charge < -0.3 is 5.32 Å². The topological polar surface area (TPSA) is 80.3 Å².